The molecular formula is C24H33F. The van der Waals surface area contributed by atoms with Gasteiger partial charge in [0.05, 0.1) is 5.56 Å². The molecule has 1 aliphatic carbocycles. The number of benzene rings is 1. The normalized spacial score (nSPS) is 20.4. The first-order chi connectivity index (χ1) is 12.2. The van der Waals surface area contributed by atoms with Gasteiger partial charge in [-0.2, -0.15) is 0 Å². The first-order valence-electron chi connectivity index (χ1n) is 10.2. The SMILES string of the molecule is CCCCCC1CCC(/C=C/C#Cc2ccc(CCC)cc2F)CC1. The van der Waals surface area contributed by atoms with Crippen LogP contribution < -0.4 is 0 Å². The summed E-state index contributed by atoms with van der Waals surface area (Å²) in [4.78, 5) is 0. The van der Waals surface area contributed by atoms with Gasteiger partial charge < -0.3 is 0 Å². The molecule has 0 nitrogen and oxygen atoms in total. The first-order valence-corrected chi connectivity index (χ1v) is 10.2. The van der Waals surface area contributed by atoms with Gasteiger partial charge in [-0.15, -0.1) is 0 Å². The van der Waals surface area contributed by atoms with Crippen LogP contribution >= 0.6 is 0 Å². The van der Waals surface area contributed by atoms with Gasteiger partial charge in [0.2, 0.25) is 0 Å². The Kier molecular flexibility index (Phi) is 8.81. The highest BCUT2D eigenvalue weighted by atomic mass is 19.1. The van der Waals surface area contributed by atoms with Crippen LogP contribution in [0.3, 0.4) is 0 Å². The van der Waals surface area contributed by atoms with Crippen LogP contribution in [0, 0.1) is 29.5 Å². The molecule has 0 bridgehead atoms. The topological polar surface area (TPSA) is 0 Å². The summed E-state index contributed by atoms with van der Waals surface area (Å²) in [6.45, 7) is 4.38. The molecule has 0 N–H and O–H groups in total. The Hall–Kier alpha value is -1.55. The van der Waals surface area contributed by atoms with Gasteiger partial charge in [0.25, 0.3) is 0 Å². The monoisotopic (exact) mass is 340 g/mol. The van der Waals surface area contributed by atoms with Crippen molar-refractivity contribution in [3.05, 3.63) is 47.3 Å². The van der Waals surface area contributed by atoms with E-state index in [1.54, 1.807) is 6.07 Å². The molecule has 136 valence electrons. The van der Waals surface area contributed by atoms with Gasteiger partial charge in [-0.1, -0.05) is 69.9 Å². The van der Waals surface area contributed by atoms with Crippen LogP contribution in [0.1, 0.15) is 82.8 Å². The van der Waals surface area contributed by atoms with Crippen LogP contribution in [-0.2, 0) is 6.42 Å². The highest BCUT2D eigenvalue weighted by Gasteiger charge is 2.18. The summed E-state index contributed by atoms with van der Waals surface area (Å²) in [5, 5.41) is 0. The number of aryl methyl sites for hydroxylation is 1. The lowest BCUT2D eigenvalue weighted by Gasteiger charge is -2.26. The third kappa shape index (κ3) is 7.07. The fourth-order valence-corrected chi connectivity index (χ4v) is 3.76. The van der Waals surface area contributed by atoms with E-state index in [0.717, 1.165) is 24.3 Å². The van der Waals surface area contributed by atoms with E-state index in [2.05, 4.69) is 31.8 Å². The first kappa shape index (κ1) is 19.8. The summed E-state index contributed by atoms with van der Waals surface area (Å²) in [5.74, 6) is 7.39. The lowest BCUT2D eigenvalue weighted by Crippen LogP contribution is -2.12. The number of allylic oxidation sites excluding steroid dienone is 2. The Bertz CT molecular complexity index is 594. The molecule has 0 aromatic heterocycles. The quantitative estimate of drug-likeness (QED) is 0.368. The molecule has 0 heterocycles. The number of halogens is 1. The molecule has 1 heteroatoms. The summed E-state index contributed by atoms with van der Waals surface area (Å²) in [6, 6.07) is 5.42. The molecule has 1 saturated carbocycles. The fraction of sp³-hybridized carbons (Fsp3) is 0.583. The minimum atomic E-state index is -0.195. The van der Waals surface area contributed by atoms with Crippen molar-refractivity contribution in [3.63, 3.8) is 0 Å². The number of hydrogen-bond acceptors (Lipinski definition) is 0. The van der Waals surface area contributed by atoms with E-state index in [9.17, 15) is 4.39 Å². The van der Waals surface area contributed by atoms with Crippen LogP contribution in [0.5, 0.6) is 0 Å². The number of hydrogen-bond donors (Lipinski definition) is 0. The lowest BCUT2D eigenvalue weighted by atomic mass is 9.79. The Morgan fingerprint density at radius 2 is 1.88 bits per heavy atom. The standard InChI is InChI=1S/C24H33F/c1-3-5-6-10-20-13-15-21(16-14-20)11-7-8-12-23-18-17-22(9-4-2)19-24(23)25/h7,11,17-21H,3-6,9-10,13-16H2,1-2H3/b11-7+. The molecule has 25 heavy (non-hydrogen) atoms. The predicted octanol–water partition coefficient (Wildman–Crippen LogP) is 7.07. The smallest absolute Gasteiger partial charge is 0.139 e. The fourth-order valence-electron chi connectivity index (χ4n) is 3.76. The molecule has 0 unspecified atom stereocenters. The van der Waals surface area contributed by atoms with Gasteiger partial charge in [-0.05, 0) is 67.7 Å². The van der Waals surface area contributed by atoms with Crippen LogP contribution in [-0.4, -0.2) is 0 Å². The summed E-state index contributed by atoms with van der Waals surface area (Å²) in [6.07, 6.45) is 16.9. The minimum absolute atomic E-state index is 0.195. The maximum atomic E-state index is 14.0. The second kappa shape index (κ2) is 11.1. The van der Waals surface area contributed by atoms with Crippen molar-refractivity contribution in [1.29, 1.82) is 0 Å². The van der Waals surface area contributed by atoms with Gasteiger partial charge in [-0.25, -0.2) is 4.39 Å². The molecule has 2 rings (SSSR count). The Morgan fingerprint density at radius 1 is 1.08 bits per heavy atom. The molecule has 0 aliphatic heterocycles. The molecule has 1 aromatic carbocycles. The van der Waals surface area contributed by atoms with Crippen LogP contribution in [0.2, 0.25) is 0 Å². The average Bonchev–Trinajstić information content (AvgIpc) is 2.62. The van der Waals surface area contributed by atoms with Crippen molar-refractivity contribution in [2.75, 3.05) is 0 Å². The molecule has 1 aliphatic rings. The van der Waals surface area contributed by atoms with Crippen molar-refractivity contribution in [1.82, 2.24) is 0 Å². The lowest BCUT2D eigenvalue weighted by molar-refractivity contribution is 0.289. The van der Waals surface area contributed by atoms with E-state index < -0.39 is 0 Å². The molecule has 0 saturated heterocycles. The second-order valence-corrected chi connectivity index (χ2v) is 7.47. The van der Waals surface area contributed by atoms with Crippen LogP contribution in [0.25, 0.3) is 0 Å². The van der Waals surface area contributed by atoms with Gasteiger partial charge in [0, 0.05) is 0 Å². The Morgan fingerprint density at radius 3 is 2.56 bits per heavy atom. The number of unbranched alkanes of at least 4 members (excludes halogenated alkanes) is 2. The van der Waals surface area contributed by atoms with E-state index >= 15 is 0 Å². The van der Waals surface area contributed by atoms with Crippen molar-refractivity contribution in [3.8, 4) is 11.8 Å². The molecule has 0 spiro atoms. The van der Waals surface area contributed by atoms with Crippen molar-refractivity contribution < 1.29 is 4.39 Å². The maximum Gasteiger partial charge on any atom is 0.139 e. The van der Waals surface area contributed by atoms with E-state index in [1.807, 2.05) is 18.2 Å². The highest BCUT2D eigenvalue weighted by molar-refractivity contribution is 5.39. The number of rotatable bonds is 7. The van der Waals surface area contributed by atoms with Crippen molar-refractivity contribution in [2.24, 2.45) is 11.8 Å². The third-order valence-corrected chi connectivity index (χ3v) is 5.34. The van der Waals surface area contributed by atoms with Crippen molar-refractivity contribution >= 4 is 0 Å². The summed E-state index contributed by atoms with van der Waals surface area (Å²) < 4.78 is 14.0. The Balaban J connectivity index is 1.78. The summed E-state index contributed by atoms with van der Waals surface area (Å²) in [5.41, 5.74) is 1.56. The highest BCUT2D eigenvalue weighted by Crippen LogP contribution is 2.32. The molecule has 0 amide bonds. The predicted molar refractivity (Wildman–Crippen MR) is 106 cm³/mol. The average molecular weight is 341 g/mol. The van der Waals surface area contributed by atoms with E-state index in [-0.39, 0.29) is 5.82 Å². The largest absolute Gasteiger partial charge is 0.206 e. The van der Waals surface area contributed by atoms with Crippen LogP contribution in [0.15, 0.2) is 30.4 Å². The van der Waals surface area contributed by atoms with E-state index in [0.29, 0.717) is 11.5 Å². The van der Waals surface area contributed by atoms with Gasteiger partial charge in [0.1, 0.15) is 5.82 Å². The minimum Gasteiger partial charge on any atom is -0.206 e. The van der Waals surface area contributed by atoms with E-state index in [4.69, 9.17) is 0 Å². The second-order valence-electron chi connectivity index (χ2n) is 7.47. The summed E-state index contributed by atoms with van der Waals surface area (Å²) in [7, 11) is 0. The molecule has 0 atom stereocenters. The van der Waals surface area contributed by atoms with Crippen LogP contribution in [0.4, 0.5) is 4.39 Å². The van der Waals surface area contributed by atoms with Gasteiger partial charge in [0.15, 0.2) is 0 Å². The van der Waals surface area contributed by atoms with Crippen molar-refractivity contribution in [2.45, 2.75) is 78.1 Å². The molecule has 0 radical (unpaired) electrons. The third-order valence-electron chi connectivity index (χ3n) is 5.34. The van der Waals surface area contributed by atoms with Gasteiger partial charge in [-0.3, -0.25) is 0 Å². The molecule has 1 aromatic rings. The zero-order valence-corrected chi connectivity index (χ0v) is 16.0. The molecular weight excluding hydrogens is 307 g/mol. The van der Waals surface area contributed by atoms with Gasteiger partial charge >= 0.3 is 0 Å². The van der Waals surface area contributed by atoms with E-state index in [1.165, 1.54) is 51.4 Å². The maximum absolute atomic E-state index is 14.0. The molecule has 1 fully saturated rings. The zero-order chi connectivity index (χ0) is 17.9. The summed E-state index contributed by atoms with van der Waals surface area (Å²) >= 11 is 0. The zero-order valence-electron chi connectivity index (χ0n) is 16.0. The Labute approximate surface area is 153 Å².